The average molecular weight is 208 g/mol. The van der Waals surface area contributed by atoms with Crippen molar-refractivity contribution in [3.63, 3.8) is 0 Å². The van der Waals surface area contributed by atoms with Crippen molar-refractivity contribution in [3.8, 4) is 0 Å². The zero-order valence-corrected chi connectivity index (χ0v) is 8.80. The first-order valence-corrected chi connectivity index (χ1v) is 5.51. The van der Waals surface area contributed by atoms with E-state index in [4.69, 9.17) is 5.11 Å². The molecule has 0 bridgehead atoms. The van der Waals surface area contributed by atoms with Gasteiger partial charge in [0, 0.05) is 10.1 Å². The summed E-state index contributed by atoms with van der Waals surface area (Å²) in [5.74, 6) is -0.701. The van der Waals surface area contributed by atoms with E-state index in [1.54, 1.807) is 11.8 Å². The smallest absolute Gasteiger partial charge is 0.304 e. The molecule has 1 N–H and O–H groups in total. The summed E-state index contributed by atoms with van der Waals surface area (Å²) in [6.45, 7) is 2.09. The number of hydrogen-bond acceptors (Lipinski definition) is 2. The van der Waals surface area contributed by atoms with E-state index >= 15 is 0 Å². The van der Waals surface area contributed by atoms with Crippen LogP contribution in [0.4, 0.5) is 0 Å². The Morgan fingerprint density at radius 2 is 2.43 bits per heavy atom. The van der Waals surface area contributed by atoms with Gasteiger partial charge in [0.1, 0.15) is 0 Å². The van der Waals surface area contributed by atoms with Crippen LogP contribution in [0.3, 0.4) is 0 Å². The lowest BCUT2D eigenvalue weighted by Gasteiger charge is -2.02. The molecule has 0 saturated carbocycles. The number of rotatable bonds is 2. The molecule has 1 aliphatic heterocycles. The second kappa shape index (κ2) is 3.65. The second-order valence-electron chi connectivity index (χ2n) is 3.59. The van der Waals surface area contributed by atoms with Gasteiger partial charge in [-0.25, -0.2) is 0 Å². The first-order valence-electron chi connectivity index (χ1n) is 4.64. The summed E-state index contributed by atoms with van der Waals surface area (Å²) in [6.07, 6.45) is 1.16. The van der Waals surface area contributed by atoms with Crippen molar-refractivity contribution in [1.29, 1.82) is 0 Å². The summed E-state index contributed by atoms with van der Waals surface area (Å²) in [5.41, 5.74) is 2.62. The van der Waals surface area contributed by atoms with Crippen molar-refractivity contribution < 1.29 is 9.90 Å². The molecule has 0 amide bonds. The van der Waals surface area contributed by atoms with Gasteiger partial charge in [-0.2, -0.15) is 0 Å². The van der Waals surface area contributed by atoms with Gasteiger partial charge in [0.15, 0.2) is 0 Å². The summed E-state index contributed by atoms with van der Waals surface area (Å²) >= 11 is 1.70. The number of thioether (sulfide) groups is 1. The molecule has 0 aromatic heterocycles. The molecule has 1 heterocycles. The Morgan fingerprint density at radius 1 is 1.64 bits per heavy atom. The van der Waals surface area contributed by atoms with E-state index < -0.39 is 5.97 Å². The minimum absolute atomic E-state index is 0.226. The summed E-state index contributed by atoms with van der Waals surface area (Å²) in [5, 5.41) is 8.93. The molecule has 2 rings (SSSR count). The van der Waals surface area contributed by atoms with Gasteiger partial charge in [0.2, 0.25) is 0 Å². The Labute approximate surface area is 87.3 Å². The highest BCUT2D eigenvalue weighted by molar-refractivity contribution is 8.00. The largest absolute Gasteiger partial charge is 0.481 e. The average Bonchev–Trinajstić information content (AvgIpc) is 2.47. The molecule has 0 fully saturated rings. The van der Waals surface area contributed by atoms with Gasteiger partial charge in [-0.05, 0) is 30.5 Å². The molecule has 2 nitrogen and oxygen atoms in total. The zero-order valence-electron chi connectivity index (χ0n) is 7.99. The highest BCUT2D eigenvalue weighted by Crippen LogP contribution is 2.39. The normalized spacial score (nSPS) is 19.4. The Bertz CT molecular complexity index is 374. The standard InChI is InChI=1S/C11H12O2S/c1-7-3-2-4-10-9(7)5-8(14-10)6-11(12)13/h2-4,8H,5-6H2,1H3,(H,12,13). The summed E-state index contributed by atoms with van der Waals surface area (Å²) in [4.78, 5) is 11.8. The number of fused-ring (bicyclic) bond motifs is 1. The summed E-state index contributed by atoms with van der Waals surface area (Å²) in [6, 6.07) is 6.20. The minimum atomic E-state index is -0.701. The van der Waals surface area contributed by atoms with Gasteiger partial charge in [-0.3, -0.25) is 4.79 Å². The lowest BCUT2D eigenvalue weighted by Crippen LogP contribution is -2.08. The fourth-order valence-electron chi connectivity index (χ4n) is 1.80. The number of carboxylic acids is 1. The fourth-order valence-corrected chi connectivity index (χ4v) is 3.18. The topological polar surface area (TPSA) is 37.3 Å². The monoisotopic (exact) mass is 208 g/mol. The fraction of sp³-hybridized carbons (Fsp3) is 0.364. The lowest BCUT2D eigenvalue weighted by atomic mass is 10.0. The van der Waals surface area contributed by atoms with Crippen LogP contribution in [-0.4, -0.2) is 16.3 Å². The molecule has 1 unspecified atom stereocenters. The maximum atomic E-state index is 10.6. The third-order valence-corrected chi connectivity index (χ3v) is 3.80. The molecular weight excluding hydrogens is 196 g/mol. The molecule has 1 atom stereocenters. The number of carboxylic acid groups (broad SMARTS) is 1. The first-order chi connectivity index (χ1) is 6.66. The van der Waals surface area contributed by atoms with Crippen LogP contribution in [-0.2, 0) is 11.2 Å². The number of aryl methyl sites for hydroxylation is 1. The number of aliphatic carboxylic acids is 1. The van der Waals surface area contributed by atoms with E-state index in [-0.39, 0.29) is 11.7 Å². The SMILES string of the molecule is Cc1cccc2c1CC(CC(=O)O)S2. The predicted octanol–water partition coefficient (Wildman–Crippen LogP) is 2.49. The van der Waals surface area contributed by atoms with Crippen molar-refractivity contribution >= 4 is 17.7 Å². The predicted molar refractivity (Wildman–Crippen MR) is 56.8 cm³/mol. The summed E-state index contributed by atoms with van der Waals surface area (Å²) in [7, 11) is 0. The molecule has 74 valence electrons. The van der Waals surface area contributed by atoms with Crippen LogP contribution >= 0.6 is 11.8 Å². The van der Waals surface area contributed by atoms with Crippen molar-refractivity contribution in [2.45, 2.75) is 29.9 Å². The molecule has 1 aliphatic rings. The van der Waals surface area contributed by atoms with Crippen LogP contribution in [0.2, 0.25) is 0 Å². The van der Waals surface area contributed by atoms with Crippen molar-refractivity contribution in [2.24, 2.45) is 0 Å². The van der Waals surface area contributed by atoms with E-state index in [1.165, 1.54) is 16.0 Å². The molecule has 14 heavy (non-hydrogen) atoms. The van der Waals surface area contributed by atoms with Crippen LogP contribution in [0.1, 0.15) is 17.5 Å². The quantitative estimate of drug-likeness (QED) is 0.811. The van der Waals surface area contributed by atoms with Gasteiger partial charge in [-0.1, -0.05) is 12.1 Å². The van der Waals surface area contributed by atoms with E-state index in [1.807, 2.05) is 6.07 Å². The van der Waals surface area contributed by atoms with Gasteiger partial charge >= 0.3 is 5.97 Å². The molecule has 0 radical (unpaired) electrons. The molecule has 0 aliphatic carbocycles. The zero-order chi connectivity index (χ0) is 10.1. The highest BCUT2D eigenvalue weighted by Gasteiger charge is 2.24. The van der Waals surface area contributed by atoms with Crippen molar-refractivity contribution in [3.05, 3.63) is 29.3 Å². The van der Waals surface area contributed by atoms with E-state index in [0.717, 1.165) is 6.42 Å². The molecule has 1 aromatic rings. The molecular formula is C11H12O2S. The maximum Gasteiger partial charge on any atom is 0.304 e. The third kappa shape index (κ3) is 1.77. The van der Waals surface area contributed by atoms with Crippen LogP contribution in [0.5, 0.6) is 0 Å². The summed E-state index contributed by atoms with van der Waals surface area (Å²) < 4.78 is 0. The van der Waals surface area contributed by atoms with Crippen LogP contribution < -0.4 is 0 Å². The van der Waals surface area contributed by atoms with Crippen molar-refractivity contribution in [2.75, 3.05) is 0 Å². The number of hydrogen-bond donors (Lipinski definition) is 1. The number of benzene rings is 1. The first kappa shape index (κ1) is 9.59. The van der Waals surface area contributed by atoms with Crippen LogP contribution in [0, 0.1) is 6.92 Å². The van der Waals surface area contributed by atoms with E-state index in [9.17, 15) is 4.79 Å². The minimum Gasteiger partial charge on any atom is -0.481 e. The maximum absolute atomic E-state index is 10.6. The van der Waals surface area contributed by atoms with Gasteiger partial charge in [-0.15, -0.1) is 11.8 Å². The van der Waals surface area contributed by atoms with Crippen LogP contribution in [0.25, 0.3) is 0 Å². The molecule has 0 saturated heterocycles. The lowest BCUT2D eigenvalue weighted by molar-refractivity contribution is -0.136. The molecule has 3 heteroatoms. The van der Waals surface area contributed by atoms with Gasteiger partial charge in [0.25, 0.3) is 0 Å². The Hall–Kier alpha value is -0.960. The highest BCUT2D eigenvalue weighted by atomic mass is 32.2. The van der Waals surface area contributed by atoms with E-state index in [2.05, 4.69) is 19.1 Å². The van der Waals surface area contributed by atoms with Crippen LogP contribution in [0.15, 0.2) is 23.1 Å². The van der Waals surface area contributed by atoms with E-state index in [0.29, 0.717) is 0 Å². The van der Waals surface area contributed by atoms with Crippen molar-refractivity contribution in [1.82, 2.24) is 0 Å². The Balaban J connectivity index is 2.18. The third-order valence-electron chi connectivity index (χ3n) is 2.49. The van der Waals surface area contributed by atoms with Gasteiger partial charge < -0.3 is 5.11 Å². The van der Waals surface area contributed by atoms with Gasteiger partial charge in [0.05, 0.1) is 6.42 Å². The molecule has 0 spiro atoms. The Kier molecular flexibility index (Phi) is 2.50. The number of carbonyl (C=O) groups is 1. The Morgan fingerprint density at radius 3 is 3.07 bits per heavy atom. The second-order valence-corrected chi connectivity index (χ2v) is 4.94. The molecule has 1 aromatic carbocycles.